The number of hydrogen-bond donors (Lipinski definition) is 9. The van der Waals surface area contributed by atoms with E-state index in [0.29, 0.717) is 12.0 Å². The Balaban J connectivity index is 1.68. The second kappa shape index (κ2) is 29.4. The van der Waals surface area contributed by atoms with Crippen LogP contribution in [0.2, 0.25) is 0 Å². The van der Waals surface area contributed by atoms with E-state index in [1.54, 1.807) is 20.0 Å². The van der Waals surface area contributed by atoms with Gasteiger partial charge in [-0.1, -0.05) is 109 Å². The monoisotopic (exact) mass is 1020 g/mol. The van der Waals surface area contributed by atoms with Gasteiger partial charge in [-0.05, 0) is 62.6 Å². The van der Waals surface area contributed by atoms with Crippen molar-refractivity contribution >= 4 is 45.5 Å². The molecule has 1 aliphatic rings. The molecule has 0 spiro atoms. The van der Waals surface area contributed by atoms with Crippen molar-refractivity contribution in [2.24, 2.45) is 0 Å². The summed E-state index contributed by atoms with van der Waals surface area (Å²) in [7, 11) is -0.993. The number of sulfonamides is 1. The zero-order valence-corrected chi connectivity index (χ0v) is 44.1. The molecule has 6 atom stereocenters. The van der Waals surface area contributed by atoms with E-state index in [9.17, 15) is 52.5 Å². The molecule has 9 N–H and O–H groups in total. The number of phenols is 2. The molecular formula is C52H80N8O11S. The number of amides is 6. The summed E-state index contributed by atoms with van der Waals surface area (Å²) < 4.78 is 25.2. The SMILES string of the molecule is C=C1N[C@H](C(=O)N[C@@H](C)C(=O)NS(C)(=O)=O)Cc2ccc(O)c(c2)-c2cc(ccc2O)[C@H](N(C)C(=O)CNC(=O)[C@@H](C)NC(=C)[C@@H](CO)N(C)C(=O)CCCCCCCCCCCCCCC)C(=O)N[C@H]1C. The summed E-state index contributed by atoms with van der Waals surface area (Å²) in [5.41, 5.74) is 1.29. The van der Waals surface area contributed by atoms with Crippen molar-refractivity contribution in [3.63, 3.8) is 0 Å². The maximum absolute atomic E-state index is 14.3. The van der Waals surface area contributed by atoms with Crippen LogP contribution in [0.5, 0.6) is 11.5 Å². The molecule has 72 heavy (non-hydrogen) atoms. The number of phenolic OH excluding ortho intramolecular Hbond substituents is 2. The lowest BCUT2D eigenvalue weighted by Crippen LogP contribution is -2.54. The van der Waals surface area contributed by atoms with Gasteiger partial charge in [-0.2, -0.15) is 0 Å². The summed E-state index contributed by atoms with van der Waals surface area (Å²) in [5, 5.41) is 46.2. The Bertz CT molecular complexity index is 2330. The molecule has 0 radical (unpaired) electrons. The Hall–Kier alpha value is -6.15. The maximum Gasteiger partial charge on any atom is 0.255 e. The number of unbranched alkanes of at least 4 members (excludes halogenated alkanes) is 12. The summed E-state index contributed by atoms with van der Waals surface area (Å²) in [6.07, 6.45) is 16.5. The smallest absolute Gasteiger partial charge is 0.255 e. The van der Waals surface area contributed by atoms with Crippen LogP contribution in [-0.2, 0) is 45.2 Å². The molecule has 6 amide bonds. The van der Waals surface area contributed by atoms with Crippen molar-refractivity contribution < 1.29 is 52.5 Å². The van der Waals surface area contributed by atoms with Gasteiger partial charge in [0.25, 0.3) is 5.91 Å². The van der Waals surface area contributed by atoms with Crippen molar-refractivity contribution in [2.45, 2.75) is 160 Å². The van der Waals surface area contributed by atoms with Crippen LogP contribution in [0.25, 0.3) is 11.1 Å². The molecule has 0 unspecified atom stereocenters. The summed E-state index contributed by atoms with van der Waals surface area (Å²) in [5.74, 6) is -4.45. The average molecular weight is 1030 g/mol. The number of likely N-dealkylation sites (N-methyl/N-ethyl adjacent to an activating group) is 2. The number of carbonyl (C=O) groups is 6. The van der Waals surface area contributed by atoms with Crippen LogP contribution < -0.4 is 31.3 Å². The molecule has 0 fully saturated rings. The van der Waals surface area contributed by atoms with Crippen LogP contribution >= 0.6 is 0 Å². The third-order valence-electron chi connectivity index (χ3n) is 12.9. The average Bonchev–Trinajstić information content (AvgIpc) is 3.32. The number of aliphatic hydroxyl groups excluding tert-OH is 1. The molecule has 0 aliphatic carbocycles. The maximum atomic E-state index is 14.3. The van der Waals surface area contributed by atoms with Crippen LogP contribution in [0.1, 0.15) is 135 Å². The summed E-state index contributed by atoms with van der Waals surface area (Å²) in [6, 6.07) is 2.08. The molecule has 0 saturated heterocycles. The summed E-state index contributed by atoms with van der Waals surface area (Å²) >= 11 is 0. The predicted molar refractivity (Wildman–Crippen MR) is 277 cm³/mol. The highest BCUT2D eigenvalue weighted by molar-refractivity contribution is 7.89. The normalized spacial score (nSPS) is 17.1. The quantitative estimate of drug-likeness (QED) is 0.0566. The second-order valence-electron chi connectivity index (χ2n) is 19.0. The zero-order valence-electron chi connectivity index (χ0n) is 43.3. The lowest BCUT2D eigenvalue weighted by atomic mass is 9.93. The van der Waals surface area contributed by atoms with Gasteiger partial charge in [-0.15, -0.1) is 0 Å². The number of aliphatic hydroxyl groups is 1. The van der Waals surface area contributed by atoms with Crippen LogP contribution in [-0.4, -0.2) is 133 Å². The lowest BCUT2D eigenvalue weighted by Gasteiger charge is -2.32. The van der Waals surface area contributed by atoms with Crippen molar-refractivity contribution in [1.29, 1.82) is 0 Å². The largest absolute Gasteiger partial charge is 0.507 e. The molecule has 4 bridgehead atoms. The van der Waals surface area contributed by atoms with Crippen molar-refractivity contribution in [2.75, 3.05) is 33.5 Å². The first-order valence-corrected chi connectivity index (χ1v) is 27.0. The first kappa shape index (κ1) is 60.2. The van der Waals surface area contributed by atoms with Crippen molar-refractivity contribution in [3.8, 4) is 22.6 Å². The fourth-order valence-corrected chi connectivity index (χ4v) is 8.92. The van der Waals surface area contributed by atoms with Crippen LogP contribution in [0.4, 0.5) is 0 Å². The minimum absolute atomic E-state index is 0.0637. The molecule has 1 aliphatic heterocycles. The van der Waals surface area contributed by atoms with Gasteiger partial charge >= 0.3 is 0 Å². The third kappa shape index (κ3) is 19.1. The number of rotatable bonds is 27. The fourth-order valence-electron chi connectivity index (χ4n) is 8.38. The highest BCUT2D eigenvalue weighted by Gasteiger charge is 2.33. The van der Waals surface area contributed by atoms with Gasteiger partial charge in [0.05, 0.1) is 31.5 Å². The van der Waals surface area contributed by atoms with E-state index in [2.05, 4.69) is 46.7 Å². The molecule has 0 aromatic heterocycles. The molecule has 0 saturated carbocycles. The van der Waals surface area contributed by atoms with Crippen molar-refractivity contribution in [1.82, 2.24) is 41.1 Å². The Morgan fingerprint density at radius 3 is 1.90 bits per heavy atom. The van der Waals surface area contributed by atoms with E-state index in [0.717, 1.165) is 36.8 Å². The van der Waals surface area contributed by atoms with Gasteiger partial charge in [0, 0.05) is 49.5 Å². The van der Waals surface area contributed by atoms with Crippen molar-refractivity contribution in [3.05, 3.63) is 72.1 Å². The van der Waals surface area contributed by atoms with E-state index in [4.69, 9.17) is 0 Å². The minimum Gasteiger partial charge on any atom is -0.507 e. The van der Waals surface area contributed by atoms with Crippen LogP contribution in [0, 0.1) is 0 Å². The van der Waals surface area contributed by atoms with Gasteiger partial charge in [0.1, 0.15) is 35.7 Å². The number of carbonyl (C=O) groups excluding carboxylic acids is 6. The third-order valence-corrected chi connectivity index (χ3v) is 13.5. The standard InChI is InChI=1S/C52H80N8O11S/c1-10-11-12-13-14-15-16-17-18-19-20-21-22-23-46(64)59(7)43(32-61)35(4)54-36(5)49(66)53-31-47(65)60(8)48-39-25-27-45(63)41(30-39)40-28-38(24-26-44(40)62)29-42(55-33(2)34(3)56-52(48)69)51(68)57-37(6)50(67)58-72(9,70)71/h24-28,30,34,36-37,42-43,48,54-55,61-63H,2,4,10-23,29,31-32H2,1,3,5-9H3,(H,53,66)(H,56,69)(H,57,68)(H,58,67)/t34-,36+,37-,42-,43+,48-/m0/s1. The molecule has 2 aromatic rings. The van der Waals surface area contributed by atoms with E-state index >= 15 is 0 Å². The van der Waals surface area contributed by atoms with Gasteiger partial charge in [0.15, 0.2) is 0 Å². The summed E-state index contributed by atoms with van der Waals surface area (Å²) in [6.45, 7) is 13.6. The summed E-state index contributed by atoms with van der Waals surface area (Å²) in [4.78, 5) is 83.4. The van der Waals surface area contributed by atoms with E-state index < -0.39 is 89.0 Å². The van der Waals surface area contributed by atoms with E-state index in [1.165, 1.54) is 114 Å². The Morgan fingerprint density at radius 2 is 1.33 bits per heavy atom. The zero-order chi connectivity index (χ0) is 53.7. The predicted octanol–water partition coefficient (Wildman–Crippen LogP) is 4.29. The number of nitrogens with one attached hydrogen (secondary N) is 6. The second-order valence-corrected chi connectivity index (χ2v) is 20.7. The van der Waals surface area contributed by atoms with E-state index in [1.807, 2.05) is 4.72 Å². The Labute approximate surface area is 426 Å². The van der Waals surface area contributed by atoms with E-state index in [-0.39, 0.29) is 51.9 Å². The number of benzene rings is 2. The van der Waals surface area contributed by atoms with Crippen LogP contribution in [0.15, 0.2) is 61.0 Å². The molecule has 3 rings (SSSR count). The van der Waals surface area contributed by atoms with Gasteiger partial charge < -0.3 is 51.7 Å². The van der Waals surface area contributed by atoms with Gasteiger partial charge in [-0.25, -0.2) is 8.42 Å². The number of hydrogen-bond acceptors (Lipinski definition) is 13. The number of nitrogens with zero attached hydrogens (tertiary/aromatic N) is 2. The molecular weight excluding hydrogens is 945 g/mol. The van der Waals surface area contributed by atoms with Gasteiger partial charge in [0.2, 0.25) is 39.6 Å². The number of aromatic hydroxyl groups is 2. The highest BCUT2D eigenvalue weighted by Crippen LogP contribution is 2.39. The Morgan fingerprint density at radius 1 is 0.792 bits per heavy atom. The lowest BCUT2D eigenvalue weighted by molar-refractivity contribution is -0.139. The van der Waals surface area contributed by atoms with Crippen LogP contribution in [0.3, 0.4) is 0 Å². The molecule has 20 heteroatoms. The molecule has 400 valence electrons. The highest BCUT2D eigenvalue weighted by atomic mass is 32.2. The fraction of sp³-hybridized carbons (Fsp3) is 0.577. The first-order chi connectivity index (χ1) is 34.0. The first-order valence-electron chi connectivity index (χ1n) is 25.1. The topological polar surface area (TPSA) is 276 Å². The molecule has 1 heterocycles. The molecule has 2 aromatic carbocycles. The van der Waals surface area contributed by atoms with Gasteiger partial charge in [-0.3, -0.25) is 33.5 Å². The Kier molecular flexibility index (Phi) is 24.6. The number of fused-ring (bicyclic) bond motifs is 5. The molecule has 19 nitrogen and oxygen atoms in total. The minimum atomic E-state index is -3.93.